The van der Waals surface area contributed by atoms with E-state index in [2.05, 4.69) is 92.2 Å². The molecule has 2 fully saturated rings. The topological polar surface area (TPSA) is 18.8 Å². The Balaban J connectivity index is 0.000000363. The first kappa shape index (κ1) is 23.7. The van der Waals surface area contributed by atoms with Gasteiger partial charge in [0.2, 0.25) is 0 Å². The third-order valence-corrected chi connectivity index (χ3v) is 6.96. The summed E-state index contributed by atoms with van der Waals surface area (Å²) < 4.78 is 0. The van der Waals surface area contributed by atoms with Crippen molar-refractivity contribution in [3.63, 3.8) is 0 Å². The molecule has 4 aliphatic rings. The van der Waals surface area contributed by atoms with Crippen molar-refractivity contribution in [2.75, 3.05) is 19.0 Å². The van der Waals surface area contributed by atoms with Crippen molar-refractivity contribution >= 4 is 28.8 Å². The third kappa shape index (κ3) is 4.90. The molecule has 2 aromatic rings. The Morgan fingerprint density at radius 3 is 2.19 bits per heavy atom. The van der Waals surface area contributed by atoms with E-state index < -0.39 is 0 Å². The van der Waals surface area contributed by atoms with Crippen LogP contribution in [0.25, 0.3) is 0 Å². The second-order valence-corrected chi connectivity index (χ2v) is 8.92. The number of hydrazone groups is 1. The summed E-state index contributed by atoms with van der Waals surface area (Å²) in [4.78, 5) is 4.92. The van der Waals surface area contributed by atoms with E-state index in [0.717, 1.165) is 6.42 Å². The molecule has 0 saturated heterocycles. The summed E-state index contributed by atoms with van der Waals surface area (Å²) in [5, 5.41) is 6.89. The zero-order valence-electron chi connectivity index (χ0n) is 18.1. The smallest absolute Gasteiger partial charge is 0.343 e. The summed E-state index contributed by atoms with van der Waals surface area (Å²) >= 11 is 1.86. The van der Waals surface area contributed by atoms with Crippen molar-refractivity contribution in [1.29, 1.82) is 0 Å². The quantitative estimate of drug-likeness (QED) is 0.487. The van der Waals surface area contributed by atoms with Gasteiger partial charge in [0.05, 0.1) is 17.4 Å². The first-order valence-corrected chi connectivity index (χ1v) is 11.4. The molecule has 2 heterocycles. The predicted molar refractivity (Wildman–Crippen MR) is 130 cm³/mol. The van der Waals surface area contributed by atoms with Gasteiger partial charge in [0.1, 0.15) is 0 Å². The molecule has 2 aromatic carbocycles. The van der Waals surface area contributed by atoms with Crippen LogP contribution in [0, 0.1) is 63.7 Å². The monoisotopic (exact) mass is 479 g/mol. The van der Waals surface area contributed by atoms with Crippen LogP contribution in [0.15, 0.2) is 57.4 Å². The van der Waals surface area contributed by atoms with Gasteiger partial charge < -0.3 is 4.90 Å². The minimum atomic E-state index is 0. The maximum absolute atomic E-state index is 4.78. The molecule has 1 unspecified atom stereocenters. The molecule has 5 heteroatoms. The molecule has 0 N–H and O–H groups in total. The number of nitrogens with zero attached hydrogens (tertiary/aromatic N) is 3. The van der Waals surface area contributed by atoms with E-state index in [0.29, 0.717) is 6.04 Å². The van der Waals surface area contributed by atoms with Crippen molar-refractivity contribution in [3.8, 4) is 0 Å². The maximum atomic E-state index is 4.78. The third-order valence-electron chi connectivity index (χ3n) is 5.84. The number of hydrogen-bond acceptors (Lipinski definition) is 4. The van der Waals surface area contributed by atoms with Crippen LogP contribution in [0.3, 0.4) is 0 Å². The zero-order chi connectivity index (χ0) is 21.2. The molecular formula is C27H25FeN3S+2. The summed E-state index contributed by atoms with van der Waals surface area (Å²) in [6.07, 6.45) is 19.4. The van der Waals surface area contributed by atoms with Crippen molar-refractivity contribution < 1.29 is 17.1 Å². The van der Waals surface area contributed by atoms with E-state index in [9.17, 15) is 0 Å². The van der Waals surface area contributed by atoms with Crippen molar-refractivity contribution in [2.24, 2.45) is 5.10 Å². The van der Waals surface area contributed by atoms with Gasteiger partial charge in [0.15, 0.2) is 0 Å². The molecule has 0 bridgehead atoms. The fourth-order valence-corrected chi connectivity index (χ4v) is 5.38. The van der Waals surface area contributed by atoms with Gasteiger partial charge >= 0.3 is 17.1 Å². The van der Waals surface area contributed by atoms with Crippen LogP contribution in [0.4, 0.5) is 11.4 Å². The van der Waals surface area contributed by atoms with Crippen LogP contribution in [-0.2, 0) is 17.1 Å². The number of anilines is 2. The Hall–Kier alpha value is -1.42. The van der Waals surface area contributed by atoms with E-state index in [4.69, 9.17) is 5.10 Å². The number of benzene rings is 2. The SMILES string of the molecule is CN1c2ccccc2Sc2cc(C3CC([C]4[CH][CH][CH][CH]4)=NN3C)ccc21.[CH]1[CH][CH][CH][CH]1.[Fe+2]. The molecule has 3 nitrogen and oxygen atoms in total. The Bertz CT molecular complexity index is 942. The molecule has 0 aromatic heterocycles. The Morgan fingerprint density at radius 2 is 1.47 bits per heavy atom. The van der Waals surface area contributed by atoms with Crippen LogP contribution in [0.1, 0.15) is 18.0 Å². The average Bonchev–Trinajstić information content (AvgIpc) is 3.57. The van der Waals surface area contributed by atoms with Gasteiger partial charge in [-0.3, -0.25) is 5.01 Å². The summed E-state index contributed by atoms with van der Waals surface area (Å²) in [5.74, 6) is 1.24. The fourth-order valence-electron chi connectivity index (χ4n) is 4.18. The van der Waals surface area contributed by atoms with E-state index >= 15 is 0 Å². The first-order valence-electron chi connectivity index (χ1n) is 10.5. The number of fused-ring (bicyclic) bond motifs is 2. The van der Waals surface area contributed by atoms with Gasteiger partial charge in [-0.05, 0) is 87.6 Å². The normalized spacial score (nSPS) is 21.9. The van der Waals surface area contributed by atoms with E-state index in [1.807, 2.05) is 43.9 Å². The fraction of sp³-hybridized carbons (Fsp3) is 0.148. The molecule has 1 atom stereocenters. The van der Waals surface area contributed by atoms with Gasteiger partial charge in [-0.1, -0.05) is 30.0 Å². The molecule has 0 spiro atoms. The van der Waals surface area contributed by atoms with Gasteiger partial charge in [0, 0.05) is 41.9 Å². The summed E-state index contributed by atoms with van der Waals surface area (Å²) in [6, 6.07) is 15.7. The molecule has 32 heavy (non-hydrogen) atoms. The average molecular weight is 479 g/mol. The molecular weight excluding hydrogens is 454 g/mol. The van der Waals surface area contributed by atoms with Crippen LogP contribution < -0.4 is 4.90 Å². The standard InChI is InChI=1S/C22H20N3S.C5H5.Fe/c1-24-18-9-5-6-10-21(18)26-22-13-16(11-12-19(22)24)20-14-17(23-25(20)2)15-7-3-4-8-15;1-2-4-5-3-1;/h3-13,20H,14H2,1-2H3;1-5H;/q;;+2. The van der Waals surface area contributed by atoms with Gasteiger partial charge in [0.25, 0.3) is 0 Å². The van der Waals surface area contributed by atoms with Gasteiger partial charge in [-0.25, -0.2) is 0 Å². The van der Waals surface area contributed by atoms with Gasteiger partial charge in [-0.15, -0.1) is 0 Å². The second kappa shape index (κ2) is 10.7. The van der Waals surface area contributed by atoms with Crippen LogP contribution >= 0.6 is 11.8 Å². The number of para-hydroxylation sites is 1. The van der Waals surface area contributed by atoms with E-state index in [1.165, 1.54) is 38.4 Å². The molecule has 6 rings (SSSR count). The van der Waals surface area contributed by atoms with Crippen LogP contribution in [-0.4, -0.2) is 24.8 Å². The van der Waals surface area contributed by atoms with Crippen molar-refractivity contribution in [3.05, 3.63) is 112 Å². The minimum Gasteiger partial charge on any atom is -0.343 e. The second-order valence-electron chi connectivity index (χ2n) is 7.83. The first-order chi connectivity index (χ1) is 15.2. The predicted octanol–water partition coefficient (Wildman–Crippen LogP) is 6.08. The summed E-state index contributed by atoms with van der Waals surface area (Å²) in [6.45, 7) is 0. The Kier molecular flexibility index (Phi) is 7.91. The van der Waals surface area contributed by atoms with Crippen molar-refractivity contribution in [1.82, 2.24) is 5.01 Å². The van der Waals surface area contributed by atoms with E-state index in [-0.39, 0.29) is 17.1 Å². The summed E-state index contributed by atoms with van der Waals surface area (Å²) in [7, 11) is 4.23. The molecule has 2 aliphatic carbocycles. The van der Waals surface area contributed by atoms with Crippen LogP contribution in [0.5, 0.6) is 0 Å². The Morgan fingerprint density at radius 1 is 0.812 bits per heavy atom. The molecule has 2 aliphatic heterocycles. The zero-order valence-corrected chi connectivity index (χ0v) is 20.0. The summed E-state index contributed by atoms with van der Waals surface area (Å²) in [5.41, 5.74) is 5.06. The largest absolute Gasteiger partial charge is 2.00 e. The van der Waals surface area contributed by atoms with Crippen molar-refractivity contribution in [2.45, 2.75) is 22.3 Å². The minimum absolute atomic E-state index is 0. The number of rotatable bonds is 2. The molecule has 2 saturated carbocycles. The van der Waals surface area contributed by atoms with E-state index in [1.54, 1.807) is 0 Å². The molecule has 10 radical (unpaired) electrons. The number of hydrogen-bond donors (Lipinski definition) is 0. The molecule has 0 amide bonds. The molecule has 160 valence electrons. The maximum Gasteiger partial charge on any atom is 2.00 e. The Labute approximate surface area is 208 Å². The van der Waals surface area contributed by atoms with Crippen LogP contribution in [0.2, 0.25) is 0 Å². The van der Waals surface area contributed by atoms with Gasteiger partial charge in [-0.2, -0.15) is 5.10 Å².